The lowest BCUT2D eigenvalue weighted by molar-refractivity contribution is -0.236. The highest BCUT2D eigenvalue weighted by molar-refractivity contribution is 6.21. The summed E-state index contributed by atoms with van der Waals surface area (Å²) in [6.07, 6.45) is 1.58. The van der Waals surface area contributed by atoms with Crippen molar-refractivity contribution in [3.63, 3.8) is 0 Å². The number of halogens is 3. The van der Waals surface area contributed by atoms with E-state index in [2.05, 4.69) is 10.3 Å². The predicted octanol–water partition coefficient (Wildman–Crippen LogP) is 6.92. The number of fused-ring (bicyclic) bond motifs is 5. The van der Waals surface area contributed by atoms with Gasteiger partial charge in [-0.2, -0.15) is 13.2 Å². The third-order valence-corrected chi connectivity index (χ3v) is 9.98. The molecule has 6 aliphatic rings. The largest absolute Gasteiger partial charge is 0.511 e. The number of aliphatic imine (C=N–C) groups is 3. The van der Waals surface area contributed by atoms with Crippen LogP contribution in [0.1, 0.15) is 67.2 Å². The first kappa shape index (κ1) is 31.7. The van der Waals surface area contributed by atoms with Gasteiger partial charge >= 0.3 is 12.1 Å². The number of rotatable bonds is 5. The van der Waals surface area contributed by atoms with E-state index in [0.717, 1.165) is 34.9 Å². The van der Waals surface area contributed by atoms with Gasteiger partial charge in [-0.15, -0.1) is 0 Å². The van der Waals surface area contributed by atoms with Gasteiger partial charge in [-0.3, -0.25) is 4.79 Å². The molecule has 3 atom stereocenters. The predicted molar refractivity (Wildman–Crippen MR) is 170 cm³/mol. The van der Waals surface area contributed by atoms with Crippen LogP contribution in [-0.2, 0) is 9.53 Å². The number of aliphatic hydroxyl groups excluding tert-OH is 1. The maximum atomic E-state index is 14.3. The molecule has 0 aromatic carbocycles. The van der Waals surface area contributed by atoms with E-state index in [-0.39, 0.29) is 59.0 Å². The van der Waals surface area contributed by atoms with Crippen LogP contribution in [0, 0.1) is 11.8 Å². The lowest BCUT2D eigenvalue weighted by atomic mass is 9.85. The van der Waals surface area contributed by atoms with Gasteiger partial charge in [-0.05, 0) is 81.1 Å². The summed E-state index contributed by atoms with van der Waals surface area (Å²) in [7, 11) is 1.34. The average Bonchev–Trinajstić information content (AvgIpc) is 3.73. The van der Waals surface area contributed by atoms with Crippen molar-refractivity contribution in [2.45, 2.75) is 79.0 Å². The molecule has 8 bridgehead atoms. The Hall–Kier alpha value is -4.25. The van der Waals surface area contributed by atoms with Gasteiger partial charge in [-0.25, -0.2) is 15.0 Å². The van der Waals surface area contributed by atoms with Crippen molar-refractivity contribution in [3.05, 3.63) is 91.5 Å². The van der Waals surface area contributed by atoms with Crippen molar-refractivity contribution in [2.24, 2.45) is 26.8 Å². The fourth-order valence-electron chi connectivity index (χ4n) is 7.24. The van der Waals surface area contributed by atoms with Crippen LogP contribution in [-0.4, -0.2) is 52.2 Å². The van der Waals surface area contributed by atoms with Gasteiger partial charge in [0.05, 0.1) is 41.3 Å². The zero-order valence-corrected chi connectivity index (χ0v) is 26.9. The molecule has 5 aliphatic heterocycles. The Morgan fingerprint density at radius 1 is 1.04 bits per heavy atom. The lowest BCUT2D eigenvalue weighted by Gasteiger charge is -2.29. The van der Waals surface area contributed by atoms with Gasteiger partial charge in [0, 0.05) is 52.8 Å². The Morgan fingerprint density at radius 3 is 2.37 bits per heavy atom. The molecule has 3 N–H and O–H groups in total. The Balaban J connectivity index is 1.63. The fraction of sp³-hybridized carbons (Fsp3) is 0.429. The Bertz CT molecular complexity index is 1840. The summed E-state index contributed by atoms with van der Waals surface area (Å²) in [5.74, 6) is -0.550. The minimum Gasteiger partial charge on any atom is -0.511 e. The number of carbonyl (C=O) groups is 1. The first-order valence-corrected chi connectivity index (χ1v) is 15.4. The minimum atomic E-state index is -4.96. The van der Waals surface area contributed by atoms with Crippen molar-refractivity contribution >= 4 is 23.1 Å². The van der Waals surface area contributed by atoms with E-state index < -0.39 is 11.8 Å². The second kappa shape index (κ2) is 10.9. The summed E-state index contributed by atoms with van der Waals surface area (Å²) < 4.78 is 47.9. The molecule has 0 spiro atoms. The van der Waals surface area contributed by atoms with E-state index >= 15 is 0 Å². The molecule has 242 valence electrons. The van der Waals surface area contributed by atoms with Crippen LogP contribution in [0.25, 0.3) is 0 Å². The first-order valence-electron chi connectivity index (χ1n) is 15.4. The number of alkyl halides is 3. The fourth-order valence-corrected chi connectivity index (χ4v) is 7.24. The van der Waals surface area contributed by atoms with Crippen molar-refractivity contribution in [1.29, 1.82) is 0 Å². The highest BCUT2D eigenvalue weighted by Crippen LogP contribution is 2.48. The van der Waals surface area contributed by atoms with Gasteiger partial charge in [0.25, 0.3) is 0 Å². The quantitative estimate of drug-likeness (QED) is 0.284. The lowest BCUT2D eigenvalue weighted by Crippen LogP contribution is -2.44. The van der Waals surface area contributed by atoms with E-state index in [1.165, 1.54) is 20.1 Å². The molecular weight excluding hydrogens is 597 g/mol. The van der Waals surface area contributed by atoms with E-state index in [4.69, 9.17) is 14.7 Å². The standard InChI is InChI=1S/C35H37F3N4O4/c1-8-19-15(2)22-14-27-31(34(6,45)35(36,37)38)18(5)25(40-27)12-23-16(3)20(9-10-29(44)46-7)32(41-23)21-11-28(43)30-17(4)24(42-33(21)30)13-26(19)39-22/h12-14,16,20,41,43,45H,8-11H2,1-7H3/t16-,20-,34?/m0/s1. The van der Waals surface area contributed by atoms with E-state index in [9.17, 15) is 28.2 Å². The van der Waals surface area contributed by atoms with Crippen molar-refractivity contribution in [1.82, 2.24) is 5.32 Å². The van der Waals surface area contributed by atoms with Gasteiger partial charge in [-0.1, -0.05) is 13.8 Å². The Morgan fingerprint density at radius 2 is 1.72 bits per heavy atom. The summed E-state index contributed by atoms with van der Waals surface area (Å²) >= 11 is 0. The van der Waals surface area contributed by atoms with Crippen molar-refractivity contribution in [3.8, 4) is 0 Å². The molecule has 46 heavy (non-hydrogen) atoms. The van der Waals surface area contributed by atoms with Gasteiger partial charge in [0.2, 0.25) is 0 Å². The first-order chi connectivity index (χ1) is 21.6. The molecule has 0 radical (unpaired) electrons. The summed E-state index contributed by atoms with van der Waals surface area (Å²) in [4.78, 5) is 26.7. The number of esters is 1. The number of methoxy groups -OCH3 is 1. The molecule has 1 fully saturated rings. The van der Waals surface area contributed by atoms with Crippen molar-refractivity contribution in [2.75, 3.05) is 7.11 Å². The molecule has 11 heteroatoms. The zero-order chi connectivity index (χ0) is 33.5. The molecule has 0 saturated carbocycles. The minimum absolute atomic E-state index is 0.00857. The molecule has 5 heterocycles. The van der Waals surface area contributed by atoms with Crippen molar-refractivity contribution < 1.29 is 32.9 Å². The number of nitrogens with one attached hydrogen (secondary N) is 1. The number of nitrogens with zero attached hydrogens (tertiary/aromatic N) is 3. The Labute approximate surface area is 265 Å². The topological polar surface area (TPSA) is 116 Å². The molecule has 6 rings (SSSR count). The molecular formula is C35H37F3N4O4. The number of allylic oxidation sites excluding steroid dienone is 11. The summed E-state index contributed by atoms with van der Waals surface area (Å²) in [6, 6.07) is 0. The molecule has 8 nitrogen and oxygen atoms in total. The van der Waals surface area contributed by atoms with E-state index in [1.807, 2.05) is 33.8 Å². The van der Waals surface area contributed by atoms with Gasteiger partial charge in [0.15, 0.2) is 5.60 Å². The van der Waals surface area contributed by atoms with Crippen LogP contribution < -0.4 is 5.32 Å². The summed E-state index contributed by atoms with van der Waals surface area (Å²) in [5.41, 5.74) is 4.83. The van der Waals surface area contributed by atoms with E-state index in [0.29, 0.717) is 46.9 Å². The number of aliphatic hydroxyl groups is 2. The molecule has 0 aromatic heterocycles. The number of ether oxygens (including phenoxy) is 1. The Kier molecular flexibility index (Phi) is 7.54. The number of carbonyl (C=O) groups excluding carboxylic acids is 1. The van der Waals surface area contributed by atoms with Crippen LogP contribution in [0.15, 0.2) is 106 Å². The van der Waals surface area contributed by atoms with Crippen LogP contribution >= 0.6 is 0 Å². The summed E-state index contributed by atoms with van der Waals surface area (Å²) in [6.45, 7) is 10.0. The molecule has 0 amide bonds. The molecule has 1 saturated heterocycles. The highest BCUT2D eigenvalue weighted by atomic mass is 19.4. The molecule has 0 aromatic rings. The third kappa shape index (κ3) is 4.78. The zero-order valence-electron chi connectivity index (χ0n) is 26.9. The molecule has 1 unspecified atom stereocenters. The maximum absolute atomic E-state index is 14.3. The molecule has 1 aliphatic carbocycles. The SMILES string of the molecule is CCC1=C(C)C2=NC1=CC1=C(C)C3=C(O)CC(=C4NC(=CC5=NC(=C2)C(C(C)(O)C(F)(F)F)=C5C)[C@@H](C)[C@@H]4CCC(=O)OC)C3=N1. The van der Waals surface area contributed by atoms with Crippen LogP contribution in [0.5, 0.6) is 0 Å². The number of hydrogen-bond acceptors (Lipinski definition) is 8. The second-order valence-corrected chi connectivity index (χ2v) is 12.7. The smallest absolute Gasteiger partial charge is 0.421 e. The van der Waals surface area contributed by atoms with Crippen LogP contribution in [0.3, 0.4) is 0 Å². The summed E-state index contributed by atoms with van der Waals surface area (Å²) in [5, 5.41) is 25.7. The highest BCUT2D eigenvalue weighted by Gasteiger charge is 2.55. The van der Waals surface area contributed by atoms with E-state index in [1.54, 1.807) is 6.08 Å². The number of hydrogen-bond donors (Lipinski definition) is 3. The van der Waals surface area contributed by atoms with Gasteiger partial charge in [0.1, 0.15) is 5.76 Å². The normalized spacial score (nSPS) is 25.5. The third-order valence-electron chi connectivity index (χ3n) is 9.98. The second-order valence-electron chi connectivity index (χ2n) is 12.7. The van der Waals surface area contributed by atoms with Crippen LogP contribution in [0.4, 0.5) is 13.2 Å². The monoisotopic (exact) mass is 634 g/mol. The maximum Gasteiger partial charge on any atom is 0.421 e. The van der Waals surface area contributed by atoms with Gasteiger partial charge < -0.3 is 20.3 Å². The average molecular weight is 635 g/mol. The van der Waals surface area contributed by atoms with Crippen LogP contribution in [0.2, 0.25) is 0 Å².